The Bertz CT molecular complexity index is 1630. The average molecular weight is 595 g/mol. The zero-order chi connectivity index (χ0) is 29.9. The van der Waals surface area contributed by atoms with Crippen LogP contribution in [0.2, 0.25) is 0 Å². The molecule has 224 valence electrons. The van der Waals surface area contributed by atoms with E-state index in [1.165, 1.54) is 11.1 Å². The van der Waals surface area contributed by atoms with Crippen molar-refractivity contribution in [1.29, 1.82) is 0 Å². The fourth-order valence-corrected chi connectivity index (χ4v) is 8.06. The molecule has 4 aromatic rings. The summed E-state index contributed by atoms with van der Waals surface area (Å²) in [4.78, 5) is 6.82. The summed E-state index contributed by atoms with van der Waals surface area (Å²) in [5.74, 6) is 0.974. The van der Waals surface area contributed by atoms with E-state index in [2.05, 4.69) is 72.3 Å². The van der Waals surface area contributed by atoms with E-state index in [1.807, 2.05) is 30.3 Å². The maximum atomic E-state index is 12.7. The van der Waals surface area contributed by atoms with Crippen molar-refractivity contribution in [2.75, 3.05) is 13.1 Å². The molecule has 1 saturated heterocycles. The topological polar surface area (TPSA) is 59.5 Å². The van der Waals surface area contributed by atoms with Gasteiger partial charge >= 0.3 is 0 Å². The van der Waals surface area contributed by atoms with Crippen LogP contribution in [-0.4, -0.2) is 42.5 Å². The van der Waals surface area contributed by atoms with Gasteiger partial charge in [0, 0.05) is 24.8 Å². The fraction of sp³-hybridized carbons (Fsp3) is 0.378. The zero-order valence-corrected chi connectivity index (χ0v) is 26.2. The van der Waals surface area contributed by atoms with Crippen molar-refractivity contribution in [1.82, 2.24) is 9.88 Å². The smallest absolute Gasteiger partial charge is 0.160 e. The Labute approximate surface area is 256 Å². The standard InChI is InChI=1S/C37H42N2O3S/c1-36(2,19-17-29-8-4-3-5-9-29)39-24-21-37(22-25-39)20-18-33-26-32(15-16-35(33)42-37)31-13-11-30(12-14-31)27-43(40,41)28-34-10-6-7-23-38-34/h3-16,23,26H,17-22,24-25,27-28H2,1-2H3. The lowest BCUT2D eigenvalue weighted by Gasteiger charge is -2.49. The van der Waals surface area contributed by atoms with Gasteiger partial charge in [0.15, 0.2) is 9.84 Å². The van der Waals surface area contributed by atoms with Crippen LogP contribution in [0.3, 0.4) is 0 Å². The van der Waals surface area contributed by atoms with Crippen molar-refractivity contribution >= 4 is 9.84 Å². The molecular formula is C37H42N2O3S. The van der Waals surface area contributed by atoms with Crippen molar-refractivity contribution < 1.29 is 13.2 Å². The number of likely N-dealkylation sites (tertiary alicyclic amines) is 1. The van der Waals surface area contributed by atoms with Gasteiger partial charge in [0.2, 0.25) is 0 Å². The van der Waals surface area contributed by atoms with Crippen molar-refractivity contribution in [2.24, 2.45) is 0 Å². The predicted octanol–water partition coefficient (Wildman–Crippen LogP) is 7.43. The van der Waals surface area contributed by atoms with E-state index in [0.29, 0.717) is 5.69 Å². The first-order chi connectivity index (χ1) is 20.7. The van der Waals surface area contributed by atoms with E-state index >= 15 is 0 Å². The van der Waals surface area contributed by atoms with E-state index in [1.54, 1.807) is 18.3 Å². The highest BCUT2D eigenvalue weighted by Crippen LogP contribution is 2.42. The average Bonchev–Trinajstić information content (AvgIpc) is 3.01. The quantitative estimate of drug-likeness (QED) is 0.202. The van der Waals surface area contributed by atoms with Crippen LogP contribution in [-0.2, 0) is 34.2 Å². The van der Waals surface area contributed by atoms with Crippen LogP contribution in [0.15, 0.2) is 97.2 Å². The molecule has 0 atom stereocenters. The number of ether oxygens (including phenoxy) is 1. The van der Waals surface area contributed by atoms with Crippen molar-refractivity contribution in [3.63, 3.8) is 0 Å². The maximum Gasteiger partial charge on any atom is 0.160 e. The van der Waals surface area contributed by atoms with Crippen LogP contribution >= 0.6 is 0 Å². The molecule has 0 bridgehead atoms. The minimum Gasteiger partial charge on any atom is -0.487 e. The zero-order valence-electron chi connectivity index (χ0n) is 25.3. The number of benzene rings is 3. The first-order valence-corrected chi connectivity index (χ1v) is 17.3. The first kappa shape index (κ1) is 29.6. The highest BCUT2D eigenvalue weighted by atomic mass is 32.2. The first-order valence-electron chi connectivity index (χ1n) is 15.5. The molecule has 3 aromatic carbocycles. The Morgan fingerprint density at radius 3 is 2.26 bits per heavy atom. The molecular weight excluding hydrogens is 552 g/mol. The Morgan fingerprint density at radius 1 is 0.814 bits per heavy atom. The lowest BCUT2D eigenvalue weighted by atomic mass is 9.80. The molecule has 0 amide bonds. The van der Waals surface area contributed by atoms with Gasteiger partial charge < -0.3 is 4.74 Å². The Kier molecular flexibility index (Phi) is 8.43. The number of rotatable bonds is 9. The van der Waals surface area contributed by atoms with E-state index in [0.717, 1.165) is 74.1 Å². The van der Waals surface area contributed by atoms with Crippen LogP contribution < -0.4 is 4.74 Å². The molecule has 0 N–H and O–H groups in total. The number of aryl methyl sites for hydroxylation is 2. The second-order valence-corrected chi connectivity index (χ2v) is 15.0. The Morgan fingerprint density at radius 2 is 1.53 bits per heavy atom. The Hall–Kier alpha value is -3.48. The molecule has 1 spiro atoms. The summed E-state index contributed by atoms with van der Waals surface area (Å²) in [5.41, 5.74) is 6.35. The molecule has 0 unspecified atom stereocenters. The largest absolute Gasteiger partial charge is 0.487 e. The molecule has 2 aliphatic heterocycles. The second-order valence-electron chi connectivity index (χ2n) is 12.9. The summed E-state index contributed by atoms with van der Waals surface area (Å²) in [7, 11) is -3.30. The molecule has 0 radical (unpaired) electrons. The van der Waals surface area contributed by atoms with Gasteiger partial charge in [-0.1, -0.05) is 66.7 Å². The van der Waals surface area contributed by atoms with Crippen LogP contribution in [0.5, 0.6) is 5.75 Å². The SMILES string of the molecule is CC(C)(CCc1ccccc1)N1CCC2(CCc3cc(-c4ccc(CS(=O)(=O)Cc5ccccn5)cc4)ccc3O2)CC1. The van der Waals surface area contributed by atoms with Crippen LogP contribution in [0, 0.1) is 0 Å². The third-order valence-electron chi connectivity index (χ3n) is 9.40. The number of fused-ring (bicyclic) bond motifs is 1. The van der Waals surface area contributed by atoms with Crippen molar-refractivity contribution in [3.8, 4) is 16.9 Å². The van der Waals surface area contributed by atoms with Crippen LogP contribution in [0.4, 0.5) is 0 Å². The normalized spacial score (nSPS) is 16.9. The molecule has 5 nitrogen and oxygen atoms in total. The van der Waals surface area contributed by atoms with Crippen molar-refractivity contribution in [2.45, 2.75) is 75.0 Å². The Balaban J connectivity index is 1.05. The number of aromatic nitrogens is 1. The van der Waals surface area contributed by atoms with Gasteiger partial charge in [0.25, 0.3) is 0 Å². The van der Waals surface area contributed by atoms with Crippen LogP contribution in [0.25, 0.3) is 11.1 Å². The summed E-state index contributed by atoms with van der Waals surface area (Å²) in [5, 5.41) is 0. The molecule has 2 aliphatic rings. The lowest BCUT2D eigenvalue weighted by molar-refractivity contribution is -0.0404. The number of pyridine rings is 1. The minimum absolute atomic E-state index is 0.00556. The third-order valence-corrected chi connectivity index (χ3v) is 10.9. The monoisotopic (exact) mass is 594 g/mol. The molecule has 0 saturated carbocycles. The fourth-order valence-electron chi connectivity index (χ4n) is 6.63. The third kappa shape index (κ3) is 7.19. The van der Waals surface area contributed by atoms with Crippen LogP contribution in [0.1, 0.15) is 61.9 Å². The molecule has 3 heterocycles. The van der Waals surface area contributed by atoms with Gasteiger partial charge in [-0.05, 0) is 104 Å². The summed E-state index contributed by atoms with van der Waals surface area (Å²) in [6, 6.07) is 30.6. The van der Waals surface area contributed by atoms with E-state index in [9.17, 15) is 8.42 Å². The van der Waals surface area contributed by atoms with Gasteiger partial charge in [0.1, 0.15) is 11.4 Å². The van der Waals surface area contributed by atoms with E-state index in [4.69, 9.17) is 4.74 Å². The number of sulfone groups is 1. The number of nitrogens with zero attached hydrogens (tertiary/aromatic N) is 2. The molecule has 43 heavy (non-hydrogen) atoms. The van der Waals surface area contributed by atoms with Gasteiger partial charge in [-0.25, -0.2) is 8.42 Å². The molecule has 1 aromatic heterocycles. The summed E-state index contributed by atoms with van der Waals surface area (Å²) < 4.78 is 32.2. The minimum atomic E-state index is -3.30. The molecule has 6 heteroatoms. The second kappa shape index (κ2) is 12.3. The summed E-state index contributed by atoms with van der Waals surface area (Å²) >= 11 is 0. The van der Waals surface area contributed by atoms with Gasteiger partial charge in [-0.3, -0.25) is 9.88 Å². The highest BCUT2D eigenvalue weighted by molar-refractivity contribution is 7.89. The van der Waals surface area contributed by atoms with Crippen molar-refractivity contribution in [3.05, 3.63) is 120 Å². The molecule has 6 rings (SSSR count). The number of piperidine rings is 1. The highest BCUT2D eigenvalue weighted by Gasteiger charge is 2.42. The number of hydrogen-bond donors (Lipinski definition) is 0. The lowest BCUT2D eigenvalue weighted by Crippen LogP contribution is -2.55. The van der Waals surface area contributed by atoms with Gasteiger partial charge in [0.05, 0.1) is 17.2 Å². The summed E-state index contributed by atoms with van der Waals surface area (Å²) in [6.45, 7) is 6.92. The van der Waals surface area contributed by atoms with Gasteiger partial charge in [-0.2, -0.15) is 0 Å². The molecule has 1 fully saturated rings. The predicted molar refractivity (Wildman–Crippen MR) is 174 cm³/mol. The summed E-state index contributed by atoms with van der Waals surface area (Å²) in [6.07, 6.45) is 8.08. The number of hydrogen-bond acceptors (Lipinski definition) is 5. The van der Waals surface area contributed by atoms with E-state index in [-0.39, 0.29) is 22.6 Å². The van der Waals surface area contributed by atoms with Gasteiger partial charge in [-0.15, -0.1) is 0 Å². The maximum absolute atomic E-state index is 12.7. The van der Waals surface area contributed by atoms with E-state index < -0.39 is 9.84 Å². The molecule has 0 aliphatic carbocycles.